The van der Waals surface area contributed by atoms with E-state index >= 15 is 0 Å². The summed E-state index contributed by atoms with van der Waals surface area (Å²) in [5.41, 5.74) is 5.74. The number of alkyl halides is 3. The van der Waals surface area contributed by atoms with Crippen molar-refractivity contribution in [3.8, 4) is 0 Å². The molecule has 2 nitrogen and oxygen atoms in total. The highest BCUT2D eigenvalue weighted by atomic mass is 19.4. The lowest BCUT2D eigenvalue weighted by Crippen LogP contribution is -2.20. The molecule has 0 atom stereocenters. The molecule has 0 heterocycles. The van der Waals surface area contributed by atoms with Crippen molar-refractivity contribution in [3.05, 3.63) is 23.8 Å². The van der Waals surface area contributed by atoms with E-state index in [0.29, 0.717) is 11.6 Å². The number of nitrogens with one attached hydrogen (secondary N) is 1. The maximum atomic E-state index is 12.5. The van der Waals surface area contributed by atoms with Crippen molar-refractivity contribution in [2.45, 2.75) is 38.8 Å². The molecule has 0 aromatic heterocycles. The summed E-state index contributed by atoms with van der Waals surface area (Å²) in [5, 5.41) is 3.18. The summed E-state index contributed by atoms with van der Waals surface area (Å²) in [7, 11) is 0. The van der Waals surface area contributed by atoms with E-state index in [9.17, 15) is 13.2 Å². The number of nitrogens with two attached hydrogens (primary N) is 1. The monoisotopic (exact) mass is 286 g/mol. The molecule has 1 aliphatic rings. The van der Waals surface area contributed by atoms with Gasteiger partial charge in [0.05, 0.1) is 16.9 Å². The number of benzene rings is 1. The molecule has 1 saturated carbocycles. The highest BCUT2D eigenvalue weighted by Crippen LogP contribution is 2.33. The van der Waals surface area contributed by atoms with Crippen LogP contribution in [0.1, 0.15) is 38.2 Å². The first-order valence-corrected chi connectivity index (χ1v) is 7.07. The van der Waals surface area contributed by atoms with Crippen LogP contribution < -0.4 is 11.1 Å². The summed E-state index contributed by atoms with van der Waals surface area (Å²) < 4.78 is 37.6. The van der Waals surface area contributed by atoms with Crippen molar-refractivity contribution in [2.75, 3.05) is 17.6 Å². The summed E-state index contributed by atoms with van der Waals surface area (Å²) in [6.45, 7) is 3.04. The summed E-state index contributed by atoms with van der Waals surface area (Å²) in [5.74, 6) is 1.38. The second-order valence-electron chi connectivity index (χ2n) is 5.81. The molecule has 0 saturated heterocycles. The fraction of sp³-hybridized carbons (Fsp3) is 0.600. The molecule has 3 N–H and O–H groups in total. The van der Waals surface area contributed by atoms with Gasteiger partial charge < -0.3 is 11.1 Å². The van der Waals surface area contributed by atoms with E-state index in [4.69, 9.17) is 5.73 Å². The standard InChI is InChI=1S/C15H21F3N2/c1-10-2-4-11(5-3-10)9-20-14-7-6-12(8-13(14)19)15(16,17)18/h6-8,10-11,20H,2-5,9,19H2,1H3. The Balaban J connectivity index is 1.93. The molecular formula is C15H21F3N2. The second-order valence-corrected chi connectivity index (χ2v) is 5.81. The molecule has 1 aromatic rings. The largest absolute Gasteiger partial charge is 0.416 e. The lowest BCUT2D eigenvalue weighted by Gasteiger charge is -2.26. The van der Waals surface area contributed by atoms with Gasteiger partial charge in [-0.3, -0.25) is 0 Å². The molecule has 1 aliphatic carbocycles. The molecule has 0 bridgehead atoms. The minimum Gasteiger partial charge on any atom is -0.397 e. The Kier molecular flexibility index (Phi) is 4.45. The van der Waals surface area contributed by atoms with Gasteiger partial charge in [0.2, 0.25) is 0 Å². The summed E-state index contributed by atoms with van der Waals surface area (Å²) in [4.78, 5) is 0. The Morgan fingerprint density at radius 2 is 1.85 bits per heavy atom. The van der Waals surface area contributed by atoms with Crippen LogP contribution >= 0.6 is 0 Å². The Hall–Kier alpha value is -1.39. The van der Waals surface area contributed by atoms with E-state index < -0.39 is 11.7 Å². The molecule has 20 heavy (non-hydrogen) atoms. The predicted octanol–water partition coefficient (Wildman–Crippen LogP) is 4.53. The molecule has 0 spiro atoms. The van der Waals surface area contributed by atoms with E-state index in [2.05, 4.69) is 12.2 Å². The van der Waals surface area contributed by atoms with Gasteiger partial charge in [-0.15, -0.1) is 0 Å². The average molecular weight is 286 g/mol. The van der Waals surface area contributed by atoms with Crippen LogP contribution in [0.4, 0.5) is 24.5 Å². The summed E-state index contributed by atoms with van der Waals surface area (Å²) in [6.07, 6.45) is 0.471. The first kappa shape index (κ1) is 15.0. The Bertz CT molecular complexity index is 449. The van der Waals surface area contributed by atoms with Crippen molar-refractivity contribution < 1.29 is 13.2 Å². The maximum Gasteiger partial charge on any atom is 0.416 e. The Morgan fingerprint density at radius 1 is 1.20 bits per heavy atom. The van der Waals surface area contributed by atoms with E-state index in [1.807, 2.05) is 0 Å². The van der Waals surface area contributed by atoms with Crippen molar-refractivity contribution in [1.82, 2.24) is 0 Å². The number of hydrogen-bond acceptors (Lipinski definition) is 2. The van der Waals surface area contributed by atoms with E-state index in [-0.39, 0.29) is 5.69 Å². The maximum absolute atomic E-state index is 12.5. The van der Waals surface area contributed by atoms with Gasteiger partial charge in [-0.05, 0) is 42.9 Å². The van der Waals surface area contributed by atoms with Gasteiger partial charge in [0.25, 0.3) is 0 Å². The molecule has 0 amide bonds. The highest BCUT2D eigenvalue weighted by Gasteiger charge is 2.30. The fourth-order valence-corrected chi connectivity index (χ4v) is 2.69. The third kappa shape index (κ3) is 3.81. The Morgan fingerprint density at radius 3 is 2.40 bits per heavy atom. The first-order chi connectivity index (χ1) is 9.36. The fourth-order valence-electron chi connectivity index (χ4n) is 2.69. The van der Waals surface area contributed by atoms with E-state index in [1.54, 1.807) is 0 Å². The number of halogens is 3. The van der Waals surface area contributed by atoms with Gasteiger partial charge in [0, 0.05) is 6.54 Å². The smallest absolute Gasteiger partial charge is 0.397 e. The van der Waals surface area contributed by atoms with Gasteiger partial charge in [0.15, 0.2) is 0 Å². The van der Waals surface area contributed by atoms with Gasteiger partial charge in [-0.2, -0.15) is 13.2 Å². The molecule has 112 valence electrons. The average Bonchev–Trinajstić information content (AvgIpc) is 2.38. The molecule has 1 fully saturated rings. The van der Waals surface area contributed by atoms with Crippen LogP contribution in [0.25, 0.3) is 0 Å². The second kappa shape index (κ2) is 5.94. The number of rotatable bonds is 3. The highest BCUT2D eigenvalue weighted by molar-refractivity contribution is 5.67. The SMILES string of the molecule is CC1CCC(CNc2ccc(C(F)(F)F)cc2N)CC1. The zero-order valence-electron chi connectivity index (χ0n) is 11.6. The minimum atomic E-state index is -4.34. The Labute approximate surface area is 117 Å². The number of hydrogen-bond donors (Lipinski definition) is 2. The van der Waals surface area contributed by atoms with Crippen LogP contribution in [-0.4, -0.2) is 6.54 Å². The third-order valence-corrected chi connectivity index (χ3v) is 4.10. The molecule has 0 unspecified atom stereocenters. The third-order valence-electron chi connectivity index (χ3n) is 4.10. The van der Waals surface area contributed by atoms with Crippen molar-refractivity contribution in [2.24, 2.45) is 11.8 Å². The van der Waals surface area contributed by atoms with Gasteiger partial charge in [0.1, 0.15) is 0 Å². The van der Waals surface area contributed by atoms with Crippen LogP contribution in [-0.2, 0) is 6.18 Å². The van der Waals surface area contributed by atoms with Crippen LogP contribution in [0.5, 0.6) is 0 Å². The number of nitrogen functional groups attached to an aromatic ring is 1. The lowest BCUT2D eigenvalue weighted by atomic mass is 9.83. The molecule has 1 aromatic carbocycles. The van der Waals surface area contributed by atoms with Crippen molar-refractivity contribution >= 4 is 11.4 Å². The van der Waals surface area contributed by atoms with Gasteiger partial charge in [-0.25, -0.2) is 0 Å². The van der Waals surface area contributed by atoms with E-state index in [0.717, 1.165) is 24.6 Å². The zero-order valence-corrected chi connectivity index (χ0v) is 11.6. The van der Waals surface area contributed by atoms with Crippen molar-refractivity contribution in [1.29, 1.82) is 0 Å². The molecule has 0 aliphatic heterocycles. The first-order valence-electron chi connectivity index (χ1n) is 7.07. The lowest BCUT2D eigenvalue weighted by molar-refractivity contribution is -0.137. The predicted molar refractivity (Wildman–Crippen MR) is 75.5 cm³/mol. The van der Waals surface area contributed by atoms with Crippen LogP contribution in [0.2, 0.25) is 0 Å². The minimum absolute atomic E-state index is 0.156. The molecule has 0 radical (unpaired) electrons. The normalized spacial score (nSPS) is 23.6. The van der Waals surface area contributed by atoms with Gasteiger partial charge in [-0.1, -0.05) is 19.8 Å². The molecule has 2 rings (SSSR count). The van der Waals surface area contributed by atoms with E-state index in [1.165, 1.54) is 31.7 Å². The zero-order chi connectivity index (χ0) is 14.8. The summed E-state index contributed by atoms with van der Waals surface area (Å²) >= 11 is 0. The van der Waals surface area contributed by atoms with Crippen LogP contribution in [0.15, 0.2) is 18.2 Å². The molecule has 5 heteroatoms. The molecular weight excluding hydrogens is 265 g/mol. The quantitative estimate of drug-likeness (QED) is 0.801. The van der Waals surface area contributed by atoms with Crippen molar-refractivity contribution in [3.63, 3.8) is 0 Å². The van der Waals surface area contributed by atoms with Crippen LogP contribution in [0.3, 0.4) is 0 Å². The van der Waals surface area contributed by atoms with Gasteiger partial charge >= 0.3 is 6.18 Å². The van der Waals surface area contributed by atoms with Crippen LogP contribution in [0, 0.1) is 11.8 Å². The topological polar surface area (TPSA) is 38.0 Å². The number of anilines is 2. The summed E-state index contributed by atoms with van der Waals surface area (Å²) in [6, 6.07) is 3.48.